The highest BCUT2D eigenvalue weighted by atomic mass is 32.2. The molecule has 120 valence electrons. The van der Waals surface area contributed by atoms with Gasteiger partial charge in [0.15, 0.2) is 0 Å². The van der Waals surface area contributed by atoms with Crippen molar-refractivity contribution in [2.45, 2.75) is 43.1 Å². The van der Waals surface area contributed by atoms with E-state index in [1.807, 2.05) is 13.8 Å². The standard InChI is InChI=1S/C15H22F3NOS/c1-4-11(2)21-13-6-5-12(10-19-7-8-20-3)14(9-13)15(16,17)18/h5-6,9,11,19H,4,7-8,10H2,1-3H3. The highest BCUT2D eigenvalue weighted by Crippen LogP contribution is 2.36. The van der Waals surface area contributed by atoms with E-state index in [4.69, 9.17) is 4.74 Å². The van der Waals surface area contributed by atoms with E-state index < -0.39 is 11.7 Å². The van der Waals surface area contributed by atoms with Crippen molar-refractivity contribution in [2.75, 3.05) is 20.3 Å². The lowest BCUT2D eigenvalue weighted by Crippen LogP contribution is -2.21. The van der Waals surface area contributed by atoms with Gasteiger partial charge in [0.1, 0.15) is 0 Å². The quantitative estimate of drug-likeness (QED) is 0.569. The minimum Gasteiger partial charge on any atom is -0.383 e. The highest BCUT2D eigenvalue weighted by molar-refractivity contribution is 7.99. The molecule has 0 amide bonds. The van der Waals surface area contributed by atoms with Crippen LogP contribution in [-0.2, 0) is 17.5 Å². The van der Waals surface area contributed by atoms with Crippen molar-refractivity contribution in [1.82, 2.24) is 5.32 Å². The normalized spacial score (nSPS) is 13.4. The van der Waals surface area contributed by atoms with Crippen molar-refractivity contribution in [3.8, 4) is 0 Å². The molecule has 0 saturated heterocycles. The summed E-state index contributed by atoms with van der Waals surface area (Å²) in [6.45, 7) is 5.22. The number of benzene rings is 1. The molecule has 0 aromatic heterocycles. The zero-order chi connectivity index (χ0) is 15.9. The second-order valence-corrected chi connectivity index (χ2v) is 6.33. The Hall–Kier alpha value is -0.720. The summed E-state index contributed by atoms with van der Waals surface area (Å²) in [4.78, 5) is 0.664. The van der Waals surface area contributed by atoms with Crippen LogP contribution in [0.15, 0.2) is 23.1 Å². The fourth-order valence-corrected chi connectivity index (χ4v) is 2.72. The van der Waals surface area contributed by atoms with Gasteiger partial charge in [-0.3, -0.25) is 0 Å². The minimum atomic E-state index is -4.33. The first-order chi connectivity index (χ1) is 9.88. The Balaban J connectivity index is 2.87. The molecule has 0 radical (unpaired) electrons. The summed E-state index contributed by atoms with van der Waals surface area (Å²) in [7, 11) is 1.56. The predicted molar refractivity (Wildman–Crippen MR) is 80.6 cm³/mol. The number of alkyl halides is 3. The molecular weight excluding hydrogens is 299 g/mol. The molecule has 0 fully saturated rings. The maximum absolute atomic E-state index is 13.2. The third-order valence-corrected chi connectivity index (χ3v) is 4.36. The summed E-state index contributed by atoms with van der Waals surface area (Å²) in [5.74, 6) is 0. The van der Waals surface area contributed by atoms with E-state index in [9.17, 15) is 13.2 Å². The van der Waals surface area contributed by atoms with Gasteiger partial charge in [0, 0.05) is 30.3 Å². The Morgan fingerprint density at radius 3 is 2.62 bits per heavy atom. The van der Waals surface area contributed by atoms with Crippen LogP contribution in [0.25, 0.3) is 0 Å². The molecular formula is C15H22F3NOS. The number of ether oxygens (including phenoxy) is 1. The molecule has 1 N–H and O–H groups in total. The van der Waals surface area contributed by atoms with Gasteiger partial charge in [-0.15, -0.1) is 11.8 Å². The van der Waals surface area contributed by atoms with Crippen molar-refractivity contribution in [1.29, 1.82) is 0 Å². The fraction of sp³-hybridized carbons (Fsp3) is 0.600. The van der Waals surface area contributed by atoms with E-state index in [-0.39, 0.29) is 12.1 Å². The van der Waals surface area contributed by atoms with E-state index in [1.54, 1.807) is 19.2 Å². The topological polar surface area (TPSA) is 21.3 Å². The van der Waals surface area contributed by atoms with Gasteiger partial charge in [-0.1, -0.05) is 19.9 Å². The molecule has 0 spiro atoms. The van der Waals surface area contributed by atoms with Gasteiger partial charge in [0.25, 0.3) is 0 Å². The monoisotopic (exact) mass is 321 g/mol. The van der Waals surface area contributed by atoms with Crippen LogP contribution in [0.5, 0.6) is 0 Å². The Labute approximate surface area is 128 Å². The molecule has 0 aliphatic rings. The molecule has 2 nitrogen and oxygen atoms in total. The lowest BCUT2D eigenvalue weighted by Gasteiger charge is -2.16. The third kappa shape index (κ3) is 6.28. The van der Waals surface area contributed by atoms with E-state index in [2.05, 4.69) is 5.32 Å². The lowest BCUT2D eigenvalue weighted by molar-refractivity contribution is -0.138. The van der Waals surface area contributed by atoms with Crippen LogP contribution in [0.4, 0.5) is 13.2 Å². The molecule has 0 bridgehead atoms. The van der Waals surface area contributed by atoms with E-state index in [1.165, 1.54) is 17.8 Å². The maximum Gasteiger partial charge on any atom is 0.416 e. The van der Waals surface area contributed by atoms with E-state index in [0.717, 1.165) is 6.42 Å². The number of methoxy groups -OCH3 is 1. The summed E-state index contributed by atoms with van der Waals surface area (Å²) >= 11 is 1.47. The number of halogens is 3. The molecule has 1 atom stereocenters. The second kappa shape index (κ2) is 8.66. The summed E-state index contributed by atoms with van der Waals surface area (Å²) < 4.78 is 44.3. The van der Waals surface area contributed by atoms with Crippen LogP contribution in [0.1, 0.15) is 31.4 Å². The van der Waals surface area contributed by atoms with Crippen molar-refractivity contribution in [3.05, 3.63) is 29.3 Å². The molecule has 1 rings (SSSR count). The van der Waals surface area contributed by atoms with Gasteiger partial charge in [0.05, 0.1) is 12.2 Å². The first-order valence-electron chi connectivity index (χ1n) is 6.95. The second-order valence-electron chi connectivity index (χ2n) is 4.82. The molecule has 21 heavy (non-hydrogen) atoms. The summed E-state index contributed by atoms with van der Waals surface area (Å²) in [5, 5.41) is 3.26. The average molecular weight is 321 g/mol. The van der Waals surface area contributed by atoms with E-state index >= 15 is 0 Å². The fourth-order valence-electron chi connectivity index (χ4n) is 1.76. The zero-order valence-corrected chi connectivity index (χ0v) is 13.4. The van der Waals surface area contributed by atoms with Crippen molar-refractivity contribution in [2.24, 2.45) is 0 Å². The molecule has 0 saturated carbocycles. The third-order valence-electron chi connectivity index (χ3n) is 3.10. The zero-order valence-electron chi connectivity index (χ0n) is 12.6. The Morgan fingerprint density at radius 2 is 2.05 bits per heavy atom. The lowest BCUT2D eigenvalue weighted by atomic mass is 10.1. The van der Waals surface area contributed by atoms with E-state index in [0.29, 0.717) is 23.3 Å². The Kier molecular flexibility index (Phi) is 7.56. The summed E-state index contributed by atoms with van der Waals surface area (Å²) in [6.07, 6.45) is -3.41. The largest absolute Gasteiger partial charge is 0.416 e. The SMILES string of the molecule is CCC(C)Sc1ccc(CNCCOC)c(C(F)(F)F)c1. The van der Waals surface area contributed by atoms with Crippen molar-refractivity contribution >= 4 is 11.8 Å². The van der Waals surface area contributed by atoms with Gasteiger partial charge < -0.3 is 10.1 Å². The maximum atomic E-state index is 13.2. The van der Waals surface area contributed by atoms with Gasteiger partial charge >= 0.3 is 6.18 Å². The van der Waals surface area contributed by atoms with Crippen LogP contribution in [-0.4, -0.2) is 25.5 Å². The smallest absolute Gasteiger partial charge is 0.383 e. The summed E-state index contributed by atoms with van der Waals surface area (Å²) in [5.41, 5.74) is -0.284. The molecule has 1 unspecified atom stereocenters. The molecule has 0 aliphatic carbocycles. The van der Waals surface area contributed by atoms with Crippen molar-refractivity contribution in [3.63, 3.8) is 0 Å². The van der Waals surface area contributed by atoms with Crippen molar-refractivity contribution < 1.29 is 17.9 Å². The number of thioether (sulfide) groups is 1. The first kappa shape index (κ1) is 18.3. The number of hydrogen-bond donors (Lipinski definition) is 1. The summed E-state index contributed by atoms with van der Waals surface area (Å²) in [6, 6.07) is 4.58. The first-order valence-corrected chi connectivity index (χ1v) is 7.82. The molecule has 0 heterocycles. The average Bonchev–Trinajstić information content (AvgIpc) is 2.43. The van der Waals surface area contributed by atoms with Crippen LogP contribution in [0.3, 0.4) is 0 Å². The van der Waals surface area contributed by atoms with Gasteiger partial charge in [-0.2, -0.15) is 13.2 Å². The molecule has 1 aromatic carbocycles. The Morgan fingerprint density at radius 1 is 1.33 bits per heavy atom. The van der Waals surface area contributed by atoms with Crippen LogP contribution < -0.4 is 5.32 Å². The number of hydrogen-bond acceptors (Lipinski definition) is 3. The Bertz CT molecular complexity index is 437. The predicted octanol–water partition coefficient (Wildman–Crippen LogP) is 4.33. The molecule has 0 aliphatic heterocycles. The molecule has 6 heteroatoms. The van der Waals surface area contributed by atoms with Gasteiger partial charge in [-0.05, 0) is 24.1 Å². The number of nitrogens with one attached hydrogen (secondary N) is 1. The minimum absolute atomic E-state index is 0.187. The van der Waals surface area contributed by atoms with Crippen LogP contribution in [0.2, 0.25) is 0 Å². The van der Waals surface area contributed by atoms with Gasteiger partial charge in [0.2, 0.25) is 0 Å². The van der Waals surface area contributed by atoms with Crippen LogP contribution >= 0.6 is 11.8 Å². The van der Waals surface area contributed by atoms with Crippen LogP contribution in [0, 0.1) is 0 Å². The van der Waals surface area contributed by atoms with Gasteiger partial charge in [-0.25, -0.2) is 0 Å². The number of rotatable bonds is 8. The molecule has 1 aromatic rings. The highest BCUT2D eigenvalue weighted by Gasteiger charge is 2.33.